The van der Waals surface area contributed by atoms with Crippen LogP contribution in [0.5, 0.6) is 5.75 Å². The molecule has 4 nitrogen and oxygen atoms in total. The average Bonchev–Trinajstić information content (AvgIpc) is 3.33. The molecule has 1 aromatic heterocycles. The van der Waals surface area contributed by atoms with Gasteiger partial charge in [-0.15, -0.1) is 0 Å². The number of unbranched alkanes of at least 4 members (excludes halogenated alkanes) is 11. The maximum absolute atomic E-state index is 12.5. The number of benzene rings is 2. The van der Waals surface area contributed by atoms with Crippen molar-refractivity contribution >= 4 is 22.9 Å². The molecule has 0 saturated heterocycles. The molecule has 0 fully saturated rings. The summed E-state index contributed by atoms with van der Waals surface area (Å²) in [4.78, 5) is 13.8. The molecule has 1 N–H and O–H groups in total. The van der Waals surface area contributed by atoms with Gasteiger partial charge in [-0.1, -0.05) is 113 Å². The van der Waals surface area contributed by atoms with Crippen LogP contribution in [0.2, 0.25) is 0 Å². The van der Waals surface area contributed by atoms with Crippen molar-refractivity contribution in [3.8, 4) is 5.75 Å². The minimum absolute atomic E-state index is 0. The second-order valence-corrected chi connectivity index (χ2v) is 11.5. The molecule has 0 aliphatic rings. The number of rotatable bonds is 19. The summed E-state index contributed by atoms with van der Waals surface area (Å²) in [6, 6.07) is 16.0. The van der Waals surface area contributed by atoms with Crippen LogP contribution >= 0.6 is 11.3 Å². The molecule has 0 bridgehead atoms. The first-order chi connectivity index (χ1) is 18.6. The standard InChI is InChI=1S/C33H46N2O2S.BrH/c1-3-4-5-6-7-8-9-10-11-12-13-14-23-37-32-21-17-29(18-22-32)24-33(36)34-31-19-15-30(16-20-31)26-35-25-28(2)38-27-35;/h15-22,25,27H,3-14,23-24,26H2,1-2H3;1H. The molecule has 0 atom stereocenters. The van der Waals surface area contributed by atoms with Gasteiger partial charge in [0.15, 0.2) is 12.7 Å². The van der Waals surface area contributed by atoms with E-state index in [2.05, 4.69) is 47.6 Å². The largest absolute Gasteiger partial charge is 1.00 e. The molecule has 0 unspecified atom stereocenters. The van der Waals surface area contributed by atoms with E-state index in [1.165, 1.54) is 81.1 Å². The summed E-state index contributed by atoms with van der Waals surface area (Å²) < 4.78 is 8.09. The zero-order chi connectivity index (χ0) is 26.8. The molecule has 0 aliphatic carbocycles. The second-order valence-electron chi connectivity index (χ2n) is 10.4. The molecule has 3 rings (SSSR count). The fourth-order valence-corrected chi connectivity index (χ4v) is 5.29. The molecular weight excluding hydrogens is 568 g/mol. The van der Waals surface area contributed by atoms with Crippen LogP contribution in [0.1, 0.15) is 100.0 Å². The number of aromatic nitrogens is 1. The highest BCUT2D eigenvalue weighted by atomic mass is 79.9. The van der Waals surface area contributed by atoms with E-state index in [9.17, 15) is 4.79 Å². The number of thiazole rings is 1. The number of aryl methyl sites for hydroxylation is 1. The first kappa shape index (κ1) is 33.0. The van der Waals surface area contributed by atoms with E-state index in [-0.39, 0.29) is 22.9 Å². The highest BCUT2D eigenvalue weighted by Crippen LogP contribution is 2.16. The van der Waals surface area contributed by atoms with E-state index in [4.69, 9.17) is 4.74 Å². The highest BCUT2D eigenvalue weighted by Gasteiger charge is 2.08. The third-order valence-electron chi connectivity index (χ3n) is 6.88. The number of halogens is 1. The third-order valence-corrected chi connectivity index (χ3v) is 7.73. The van der Waals surface area contributed by atoms with Gasteiger partial charge in [-0.25, -0.2) is 0 Å². The topological polar surface area (TPSA) is 42.2 Å². The van der Waals surface area contributed by atoms with Gasteiger partial charge < -0.3 is 27.0 Å². The zero-order valence-electron chi connectivity index (χ0n) is 23.9. The average molecular weight is 616 g/mol. The molecule has 39 heavy (non-hydrogen) atoms. The van der Waals surface area contributed by atoms with Gasteiger partial charge >= 0.3 is 0 Å². The summed E-state index contributed by atoms with van der Waals surface area (Å²) in [7, 11) is 0. The number of carbonyl (C=O) groups is 1. The predicted octanol–water partition coefficient (Wildman–Crippen LogP) is 5.66. The van der Waals surface area contributed by atoms with Crippen LogP contribution in [0.15, 0.2) is 60.2 Å². The van der Waals surface area contributed by atoms with Crippen molar-refractivity contribution in [2.45, 2.75) is 104 Å². The summed E-state index contributed by atoms with van der Waals surface area (Å²) in [5, 5.41) is 3.01. The second kappa shape index (κ2) is 19.8. The molecule has 0 spiro atoms. The Balaban J connectivity index is 0.00000533. The van der Waals surface area contributed by atoms with Gasteiger partial charge in [-0.3, -0.25) is 4.79 Å². The number of ether oxygens (including phenoxy) is 1. The monoisotopic (exact) mass is 614 g/mol. The molecule has 0 saturated carbocycles. The van der Waals surface area contributed by atoms with Crippen molar-refractivity contribution < 1.29 is 31.1 Å². The zero-order valence-corrected chi connectivity index (χ0v) is 26.3. The number of carbonyl (C=O) groups excluding carboxylic acids is 1. The SMILES string of the molecule is CCCCCCCCCCCCCCOc1ccc(CC(=O)Nc2ccc(C[n+]3csc(C)c3)cc2)cc1.[Br-]. The molecule has 1 amide bonds. The van der Waals surface area contributed by atoms with Crippen LogP contribution in [0.3, 0.4) is 0 Å². The first-order valence-corrected chi connectivity index (χ1v) is 15.5. The van der Waals surface area contributed by atoms with Gasteiger partial charge in [0, 0.05) is 11.3 Å². The van der Waals surface area contributed by atoms with Crippen molar-refractivity contribution in [2.24, 2.45) is 0 Å². The molecule has 3 aromatic rings. The Hall–Kier alpha value is -2.18. The highest BCUT2D eigenvalue weighted by molar-refractivity contribution is 7.09. The van der Waals surface area contributed by atoms with Crippen LogP contribution in [0, 0.1) is 6.92 Å². The Bertz CT molecular complexity index is 1050. The molecule has 6 heteroatoms. The predicted molar refractivity (Wildman–Crippen MR) is 160 cm³/mol. The van der Waals surface area contributed by atoms with Gasteiger partial charge in [0.25, 0.3) is 0 Å². The fraction of sp³-hybridized carbons (Fsp3) is 0.515. The van der Waals surface area contributed by atoms with Crippen LogP contribution in [0.4, 0.5) is 5.69 Å². The van der Waals surface area contributed by atoms with Crippen molar-refractivity contribution in [2.75, 3.05) is 11.9 Å². The first-order valence-electron chi connectivity index (χ1n) is 14.7. The number of nitrogens with one attached hydrogen (secondary N) is 1. The van der Waals surface area contributed by atoms with Crippen LogP contribution in [-0.2, 0) is 17.8 Å². The van der Waals surface area contributed by atoms with E-state index in [1.54, 1.807) is 11.3 Å². The summed E-state index contributed by atoms with van der Waals surface area (Å²) in [5.74, 6) is 0.872. The molecule has 1 heterocycles. The minimum Gasteiger partial charge on any atom is -1.00 e. The normalized spacial score (nSPS) is 10.7. The Morgan fingerprint density at radius 2 is 1.36 bits per heavy atom. The van der Waals surface area contributed by atoms with E-state index in [1.807, 2.05) is 36.4 Å². The fourth-order valence-electron chi connectivity index (χ4n) is 4.66. The lowest BCUT2D eigenvalue weighted by Crippen LogP contribution is -3.00. The van der Waals surface area contributed by atoms with Crippen molar-refractivity contribution in [3.05, 3.63) is 76.2 Å². The van der Waals surface area contributed by atoms with E-state index >= 15 is 0 Å². The Kier molecular flexibility index (Phi) is 16.8. The minimum atomic E-state index is -0.00857. The molecule has 2 aromatic carbocycles. The quantitative estimate of drug-likeness (QED) is 0.140. The Morgan fingerprint density at radius 1 is 0.795 bits per heavy atom. The van der Waals surface area contributed by atoms with Crippen LogP contribution in [0.25, 0.3) is 0 Å². The van der Waals surface area contributed by atoms with Crippen molar-refractivity contribution in [3.63, 3.8) is 0 Å². The molecule has 214 valence electrons. The van der Waals surface area contributed by atoms with Gasteiger partial charge in [-0.2, -0.15) is 4.57 Å². The van der Waals surface area contributed by atoms with Crippen LogP contribution in [-0.4, -0.2) is 12.5 Å². The Labute approximate surface area is 251 Å². The number of hydrogen-bond donors (Lipinski definition) is 1. The van der Waals surface area contributed by atoms with Crippen molar-refractivity contribution in [1.29, 1.82) is 0 Å². The number of hydrogen-bond acceptors (Lipinski definition) is 3. The third kappa shape index (κ3) is 14.1. The molecular formula is C33H47BrN2O2S. The van der Waals surface area contributed by atoms with E-state index in [0.29, 0.717) is 6.42 Å². The molecule has 0 aliphatic heterocycles. The van der Waals surface area contributed by atoms with Gasteiger partial charge in [0.2, 0.25) is 11.4 Å². The maximum Gasteiger partial charge on any atom is 0.228 e. The van der Waals surface area contributed by atoms with Gasteiger partial charge in [0.1, 0.15) is 5.75 Å². The van der Waals surface area contributed by atoms with E-state index < -0.39 is 0 Å². The Morgan fingerprint density at radius 3 is 1.92 bits per heavy atom. The maximum atomic E-state index is 12.5. The van der Waals surface area contributed by atoms with Gasteiger partial charge in [-0.05, 0) is 43.2 Å². The number of amides is 1. The summed E-state index contributed by atoms with van der Waals surface area (Å²) in [5.41, 5.74) is 5.15. The van der Waals surface area contributed by atoms with Crippen molar-refractivity contribution in [1.82, 2.24) is 0 Å². The number of anilines is 1. The van der Waals surface area contributed by atoms with Gasteiger partial charge in [0.05, 0.1) is 17.9 Å². The van der Waals surface area contributed by atoms with Crippen LogP contribution < -0.4 is 31.6 Å². The summed E-state index contributed by atoms with van der Waals surface area (Å²) >= 11 is 1.75. The summed E-state index contributed by atoms with van der Waals surface area (Å²) in [6.45, 7) is 5.99. The smallest absolute Gasteiger partial charge is 0.228 e. The lowest BCUT2D eigenvalue weighted by Gasteiger charge is -2.08. The lowest BCUT2D eigenvalue weighted by molar-refractivity contribution is -0.683. The summed E-state index contributed by atoms with van der Waals surface area (Å²) in [6.07, 6.45) is 18.7. The lowest BCUT2D eigenvalue weighted by atomic mass is 10.1. The number of nitrogens with zero attached hydrogens (tertiary/aromatic N) is 1. The van der Waals surface area contributed by atoms with E-state index in [0.717, 1.165) is 36.6 Å². The molecule has 0 radical (unpaired) electrons.